The molecule has 2 aromatic rings. The van der Waals surface area contributed by atoms with Crippen molar-refractivity contribution < 1.29 is 19.1 Å². The van der Waals surface area contributed by atoms with Crippen molar-refractivity contribution in [2.45, 2.75) is 52.5 Å². The molecule has 1 saturated heterocycles. The Hall–Kier alpha value is -3.21. The number of esters is 1. The van der Waals surface area contributed by atoms with Crippen LogP contribution in [0.5, 0.6) is 0 Å². The average molecular weight is 628 g/mol. The SMILES string of the molecule is COC(=O)C1=CC=CC(Cc2ccsc2)(C2CCN(C(C)CCNC(=O)c3c(C)cc(Cl)nc3C)CC2)C1CNC(N)=O. The number of hydrogen-bond acceptors (Lipinski definition) is 7. The number of likely N-dealkylation sites (tertiary alicyclic amines) is 1. The molecule has 2 aliphatic rings. The number of hydrogen-bond donors (Lipinski definition) is 3. The normalized spacial score (nSPS) is 21.6. The molecule has 3 atom stereocenters. The monoisotopic (exact) mass is 627 g/mol. The lowest BCUT2D eigenvalue weighted by molar-refractivity contribution is -0.137. The fourth-order valence-corrected chi connectivity index (χ4v) is 7.81. The van der Waals surface area contributed by atoms with Gasteiger partial charge in [-0.1, -0.05) is 29.8 Å². The number of rotatable bonds is 11. The highest BCUT2D eigenvalue weighted by molar-refractivity contribution is 7.07. The molecule has 0 bridgehead atoms. The van der Waals surface area contributed by atoms with E-state index in [4.69, 9.17) is 22.1 Å². The molecule has 1 fully saturated rings. The molecule has 9 nitrogen and oxygen atoms in total. The highest BCUT2D eigenvalue weighted by Gasteiger charge is 2.48. The molecule has 3 heterocycles. The van der Waals surface area contributed by atoms with Gasteiger partial charge in [-0.2, -0.15) is 11.3 Å². The number of methoxy groups -OCH3 is 1. The number of nitrogens with two attached hydrogens (primary N) is 1. The second kappa shape index (κ2) is 14.5. The van der Waals surface area contributed by atoms with E-state index < -0.39 is 11.4 Å². The van der Waals surface area contributed by atoms with Crippen LogP contribution < -0.4 is 16.4 Å². The van der Waals surface area contributed by atoms with Gasteiger partial charge in [0, 0.05) is 36.0 Å². The summed E-state index contributed by atoms with van der Waals surface area (Å²) in [4.78, 5) is 44.3. The number of carbonyl (C=O) groups excluding carboxylic acids is 3. The quantitative estimate of drug-likeness (QED) is 0.242. The third kappa shape index (κ3) is 7.66. The highest BCUT2D eigenvalue weighted by Crippen LogP contribution is 2.50. The largest absolute Gasteiger partial charge is 0.466 e. The molecule has 3 amide bonds. The van der Waals surface area contributed by atoms with Crippen molar-refractivity contribution in [3.05, 3.63) is 74.2 Å². The Labute approximate surface area is 262 Å². The third-order valence-electron chi connectivity index (χ3n) is 9.05. The van der Waals surface area contributed by atoms with Crippen molar-refractivity contribution in [3.8, 4) is 0 Å². The number of nitrogens with one attached hydrogen (secondary N) is 2. The molecule has 1 aliphatic carbocycles. The van der Waals surface area contributed by atoms with E-state index in [1.54, 1.807) is 30.4 Å². The first-order chi connectivity index (χ1) is 20.6. The Morgan fingerprint density at radius 3 is 2.63 bits per heavy atom. The van der Waals surface area contributed by atoms with Crippen molar-refractivity contribution in [2.75, 3.05) is 33.3 Å². The number of primary amides is 1. The number of urea groups is 1. The van der Waals surface area contributed by atoms with E-state index in [1.165, 1.54) is 12.7 Å². The van der Waals surface area contributed by atoms with Crippen molar-refractivity contribution >= 4 is 40.8 Å². The molecule has 4 N–H and O–H groups in total. The van der Waals surface area contributed by atoms with Crippen LogP contribution in [0.4, 0.5) is 4.79 Å². The minimum Gasteiger partial charge on any atom is -0.466 e. The number of nitrogens with zero attached hydrogens (tertiary/aromatic N) is 2. The summed E-state index contributed by atoms with van der Waals surface area (Å²) >= 11 is 7.68. The van der Waals surface area contributed by atoms with Gasteiger partial charge in [0.2, 0.25) is 0 Å². The Morgan fingerprint density at radius 2 is 2.00 bits per heavy atom. The van der Waals surface area contributed by atoms with Crippen LogP contribution in [0, 0.1) is 31.1 Å². The summed E-state index contributed by atoms with van der Waals surface area (Å²) in [5.41, 5.74) is 8.87. The van der Waals surface area contributed by atoms with Crippen LogP contribution in [0.1, 0.15) is 53.4 Å². The van der Waals surface area contributed by atoms with E-state index in [9.17, 15) is 14.4 Å². The van der Waals surface area contributed by atoms with Crippen molar-refractivity contribution in [1.82, 2.24) is 20.5 Å². The van der Waals surface area contributed by atoms with Gasteiger partial charge in [-0.05, 0) is 99.5 Å². The number of ether oxygens (including phenoxy) is 1. The van der Waals surface area contributed by atoms with Gasteiger partial charge in [-0.15, -0.1) is 0 Å². The summed E-state index contributed by atoms with van der Waals surface area (Å²) in [6.45, 7) is 8.46. The van der Waals surface area contributed by atoms with Gasteiger partial charge in [0.05, 0.1) is 18.4 Å². The molecular formula is C32H42ClN5O4S. The predicted molar refractivity (Wildman–Crippen MR) is 170 cm³/mol. The van der Waals surface area contributed by atoms with E-state index in [2.05, 4.69) is 50.3 Å². The Balaban J connectivity index is 1.44. The van der Waals surface area contributed by atoms with Crippen LogP contribution in [0.3, 0.4) is 0 Å². The summed E-state index contributed by atoms with van der Waals surface area (Å²) < 4.78 is 5.16. The lowest BCUT2D eigenvalue weighted by Crippen LogP contribution is -2.51. The topological polar surface area (TPSA) is 127 Å². The lowest BCUT2D eigenvalue weighted by atomic mass is 9.57. The van der Waals surface area contributed by atoms with Crippen LogP contribution >= 0.6 is 22.9 Å². The second-order valence-corrected chi connectivity index (χ2v) is 12.8. The fraction of sp³-hybridized carbons (Fsp3) is 0.500. The summed E-state index contributed by atoms with van der Waals surface area (Å²) in [7, 11) is 1.39. The Kier molecular flexibility index (Phi) is 11.0. The first kappa shape index (κ1) is 32.7. The van der Waals surface area contributed by atoms with Crippen LogP contribution in [0.25, 0.3) is 0 Å². The zero-order valence-electron chi connectivity index (χ0n) is 25.3. The molecule has 43 heavy (non-hydrogen) atoms. The van der Waals surface area contributed by atoms with Crippen LogP contribution in [0.15, 0.2) is 46.7 Å². The molecule has 232 valence electrons. The standard InChI is InChI=1S/C32H42ClN5O4S/c1-20-16-27(33)37-22(3)28(20)29(39)35-12-7-21(2)38-13-8-24(9-14-38)32(17-23-10-15-43-19-23)11-5-6-25(30(40)42-4)26(32)18-36-31(34)41/h5-6,10-11,15-16,19,21,24,26H,7-9,12-14,17-18H2,1-4H3,(H,35,39)(H3,34,36,41). The number of halogens is 1. The number of aromatic nitrogens is 1. The number of aryl methyl sites for hydroxylation is 2. The number of thiophene rings is 1. The fourth-order valence-electron chi connectivity index (χ4n) is 6.85. The molecule has 11 heteroatoms. The molecule has 2 aromatic heterocycles. The first-order valence-electron chi connectivity index (χ1n) is 14.7. The van der Waals surface area contributed by atoms with Gasteiger partial charge in [-0.25, -0.2) is 14.6 Å². The smallest absolute Gasteiger partial charge is 0.334 e. The zero-order chi connectivity index (χ0) is 31.1. The molecule has 3 unspecified atom stereocenters. The van der Waals surface area contributed by atoms with E-state index in [0.29, 0.717) is 28.5 Å². The number of piperidine rings is 1. The third-order valence-corrected chi connectivity index (χ3v) is 9.98. The summed E-state index contributed by atoms with van der Waals surface area (Å²) in [5.74, 6) is -0.531. The number of carbonyl (C=O) groups is 3. The van der Waals surface area contributed by atoms with E-state index in [0.717, 1.165) is 44.3 Å². The predicted octanol–water partition coefficient (Wildman–Crippen LogP) is 4.82. The van der Waals surface area contributed by atoms with Crippen molar-refractivity contribution in [3.63, 3.8) is 0 Å². The maximum atomic E-state index is 12.9. The molecule has 1 aliphatic heterocycles. The van der Waals surface area contributed by atoms with Gasteiger partial charge in [0.25, 0.3) is 5.91 Å². The number of pyridine rings is 1. The second-order valence-electron chi connectivity index (χ2n) is 11.6. The summed E-state index contributed by atoms with van der Waals surface area (Å²) in [6.07, 6.45) is 9.44. The highest BCUT2D eigenvalue weighted by atomic mass is 35.5. The Morgan fingerprint density at radius 1 is 1.26 bits per heavy atom. The number of amides is 3. The Bertz CT molecular complexity index is 1350. The van der Waals surface area contributed by atoms with Crippen molar-refractivity contribution in [2.24, 2.45) is 23.0 Å². The van der Waals surface area contributed by atoms with Crippen LogP contribution in [0.2, 0.25) is 5.15 Å². The van der Waals surface area contributed by atoms with Gasteiger partial charge < -0.3 is 26.0 Å². The average Bonchev–Trinajstić information content (AvgIpc) is 3.48. The maximum absolute atomic E-state index is 12.9. The van der Waals surface area contributed by atoms with Crippen molar-refractivity contribution in [1.29, 1.82) is 0 Å². The molecule has 0 spiro atoms. The summed E-state index contributed by atoms with van der Waals surface area (Å²) in [5, 5.41) is 10.4. The summed E-state index contributed by atoms with van der Waals surface area (Å²) in [6, 6.07) is 3.50. The molecule has 4 rings (SSSR count). The molecule has 0 aromatic carbocycles. The van der Waals surface area contributed by atoms with Crippen LogP contribution in [-0.2, 0) is 16.0 Å². The van der Waals surface area contributed by atoms with E-state index in [-0.39, 0.29) is 36.3 Å². The minimum atomic E-state index is -0.614. The van der Waals surface area contributed by atoms with E-state index in [1.807, 2.05) is 13.0 Å². The number of allylic oxidation sites excluding steroid dienone is 3. The van der Waals surface area contributed by atoms with Gasteiger partial charge in [-0.3, -0.25) is 4.79 Å². The maximum Gasteiger partial charge on any atom is 0.334 e. The van der Waals surface area contributed by atoms with Gasteiger partial charge in [0.1, 0.15) is 5.15 Å². The van der Waals surface area contributed by atoms with Gasteiger partial charge in [0.15, 0.2) is 0 Å². The lowest BCUT2D eigenvalue weighted by Gasteiger charge is -2.50. The zero-order valence-corrected chi connectivity index (χ0v) is 26.9. The van der Waals surface area contributed by atoms with Gasteiger partial charge >= 0.3 is 12.0 Å². The first-order valence-corrected chi connectivity index (χ1v) is 16.1. The molecular weight excluding hydrogens is 586 g/mol. The molecule has 0 saturated carbocycles. The van der Waals surface area contributed by atoms with E-state index >= 15 is 0 Å². The van der Waals surface area contributed by atoms with Crippen LogP contribution in [-0.4, -0.2) is 67.1 Å². The molecule has 0 radical (unpaired) electrons. The minimum absolute atomic E-state index is 0.130.